The fourth-order valence-corrected chi connectivity index (χ4v) is 4.35. The van der Waals surface area contributed by atoms with Crippen LogP contribution in [0.25, 0.3) is 0 Å². The lowest BCUT2D eigenvalue weighted by molar-refractivity contribution is -0.150. The Balaban J connectivity index is 3.86. The van der Waals surface area contributed by atoms with Crippen molar-refractivity contribution < 1.29 is 34.1 Å². The number of nitrogens with one attached hydrogen (secondary N) is 2. The van der Waals surface area contributed by atoms with E-state index in [-0.39, 0.29) is 30.9 Å². The minimum Gasteiger partial charge on any atom is -0.480 e. The molecule has 0 saturated carbocycles. The van der Waals surface area contributed by atoms with Gasteiger partial charge in [0.1, 0.15) is 12.1 Å². The zero-order valence-corrected chi connectivity index (χ0v) is 25.1. The van der Waals surface area contributed by atoms with E-state index in [1.165, 1.54) is 44.9 Å². The summed E-state index contributed by atoms with van der Waals surface area (Å²) in [4.78, 5) is 46.7. The van der Waals surface area contributed by atoms with Gasteiger partial charge in [-0.2, -0.15) is 0 Å². The molecule has 2 amide bonds. The van der Waals surface area contributed by atoms with Crippen LogP contribution in [-0.2, 0) is 23.9 Å². The van der Waals surface area contributed by atoms with E-state index < -0.39 is 24.5 Å². The lowest BCUT2D eigenvalue weighted by Gasteiger charge is -2.17. The van der Waals surface area contributed by atoms with E-state index in [4.69, 9.17) is 14.9 Å². The van der Waals surface area contributed by atoms with Crippen LogP contribution in [0.15, 0.2) is 12.2 Å². The number of aliphatic hydroxyl groups is 1. The van der Waals surface area contributed by atoms with Crippen LogP contribution < -0.4 is 10.6 Å². The molecule has 4 N–H and O–H groups in total. The molecular weight excluding hydrogens is 512 g/mol. The van der Waals surface area contributed by atoms with Crippen LogP contribution in [0.2, 0.25) is 0 Å². The molecule has 0 aliphatic rings. The highest BCUT2D eigenvalue weighted by atomic mass is 16.5. The number of unbranched alkanes of at least 4 members (excludes halogenated alkanes) is 11. The molecule has 0 saturated heterocycles. The summed E-state index contributed by atoms with van der Waals surface area (Å²) in [7, 11) is 0. The van der Waals surface area contributed by atoms with Gasteiger partial charge in [-0.25, -0.2) is 4.79 Å². The molecule has 0 aromatic rings. The lowest BCUT2D eigenvalue weighted by Crippen LogP contribution is -2.47. The van der Waals surface area contributed by atoms with Crippen LogP contribution in [-0.4, -0.2) is 59.3 Å². The van der Waals surface area contributed by atoms with Crippen molar-refractivity contribution in [2.45, 2.75) is 148 Å². The smallest absolute Gasteiger partial charge is 0.328 e. The highest BCUT2D eigenvalue weighted by molar-refractivity contribution is 5.87. The molecule has 0 spiro atoms. The van der Waals surface area contributed by atoms with Crippen LogP contribution in [0, 0.1) is 0 Å². The Kier molecular flexibility index (Phi) is 25.2. The third-order valence-electron chi connectivity index (χ3n) is 6.74. The van der Waals surface area contributed by atoms with Crippen LogP contribution in [0.4, 0.5) is 0 Å². The van der Waals surface area contributed by atoms with Crippen LogP contribution >= 0.6 is 0 Å². The summed E-state index contributed by atoms with van der Waals surface area (Å²) in [6.45, 7) is 3.25. The standard InChI is InChI=1S/C31H56N2O7/c1-3-5-6-7-8-9-10-11-12-13-14-15-19-23-30(37)40-26(20-4-2)21-17-16-18-22-28(35)32-24-29(36)33-27(25-34)31(38)39/h9-10,26-27,34H,3-8,11-25H2,1-2H3,(H,32,35)(H,33,36)(H,38,39)/b10-9-. The molecule has 0 aromatic carbocycles. The number of carboxylic acids is 1. The fourth-order valence-electron chi connectivity index (χ4n) is 4.35. The summed E-state index contributed by atoms with van der Waals surface area (Å²) < 4.78 is 5.72. The summed E-state index contributed by atoms with van der Waals surface area (Å²) in [6, 6.07) is -1.39. The number of aliphatic carboxylic acids is 1. The average molecular weight is 569 g/mol. The summed E-state index contributed by atoms with van der Waals surface area (Å²) >= 11 is 0. The first-order chi connectivity index (χ1) is 19.3. The second-order valence-corrected chi connectivity index (χ2v) is 10.5. The number of aliphatic hydroxyl groups excluding tert-OH is 1. The quantitative estimate of drug-likeness (QED) is 0.0575. The van der Waals surface area contributed by atoms with Crippen molar-refractivity contribution in [1.29, 1.82) is 0 Å². The Bertz CT molecular complexity index is 712. The van der Waals surface area contributed by atoms with Crippen molar-refractivity contribution in [1.82, 2.24) is 10.6 Å². The molecule has 2 unspecified atom stereocenters. The molecule has 0 aromatic heterocycles. The minimum atomic E-state index is -1.39. The monoisotopic (exact) mass is 568 g/mol. The van der Waals surface area contributed by atoms with E-state index in [0.29, 0.717) is 12.8 Å². The number of ether oxygens (including phenoxy) is 1. The molecule has 2 atom stereocenters. The molecule has 0 bridgehead atoms. The third kappa shape index (κ3) is 23.5. The van der Waals surface area contributed by atoms with Crippen molar-refractivity contribution in [3.63, 3.8) is 0 Å². The van der Waals surface area contributed by atoms with Gasteiger partial charge in [-0.3, -0.25) is 14.4 Å². The first-order valence-electron chi connectivity index (χ1n) is 15.6. The average Bonchev–Trinajstić information content (AvgIpc) is 2.92. The fraction of sp³-hybridized carbons (Fsp3) is 0.806. The van der Waals surface area contributed by atoms with Crippen molar-refractivity contribution in [2.24, 2.45) is 0 Å². The maximum atomic E-state index is 12.3. The summed E-state index contributed by atoms with van der Waals surface area (Å²) in [5.41, 5.74) is 0. The first kappa shape index (κ1) is 37.6. The van der Waals surface area contributed by atoms with E-state index >= 15 is 0 Å². The van der Waals surface area contributed by atoms with Gasteiger partial charge < -0.3 is 25.6 Å². The molecule has 232 valence electrons. The zero-order valence-electron chi connectivity index (χ0n) is 25.1. The Morgan fingerprint density at radius 1 is 0.725 bits per heavy atom. The van der Waals surface area contributed by atoms with Gasteiger partial charge in [0, 0.05) is 12.8 Å². The van der Waals surface area contributed by atoms with E-state index in [9.17, 15) is 19.2 Å². The van der Waals surface area contributed by atoms with Gasteiger partial charge in [0.2, 0.25) is 11.8 Å². The highest BCUT2D eigenvalue weighted by Gasteiger charge is 2.19. The molecule has 0 heterocycles. The Morgan fingerprint density at radius 3 is 1.95 bits per heavy atom. The number of amides is 2. The number of hydrogen-bond acceptors (Lipinski definition) is 6. The molecular formula is C31H56N2O7. The summed E-state index contributed by atoms with van der Waals surface area (Å²) in [5.74, 6) is -2.42. The van der Waals surface area contributed by atoms with Crippen molar-refractivity contribution in [3.05, 3.63) is 12.2 Å². The van der Waals surface area contributed by atoms with Crippen molar-refractivity contribution in [3.8, 4) is 0 Å². The molecule has 0 fully saturated rings. The number of hydrogen-bond donors (Lipinski definition) is 4. The predicted molar refractivity (Wildman–Crippen MR) is 158 cm³/mol. The largest absolute Gasteiger partial charge is 0.480 e. The Labute approximate surface area is 241 Å². The topological polar surface area (TPSA) is 142 Å². The minimum absolute atomic E-state index is 0.0857. The van der Waals surface area contributed by atoms with Gasteiger partial charge in [-0.15, -0.1) is 0 Å². The number of esters is 1. The number of rotatable bonds is 27. The SMILES string of the molecule is CCCCCC/C=C\CCCCCCCC(=O)OC(CCC)CCCCCC(=O)NCC(=O)NC(CO)C(=O)O. The van der Waals surface area contributed by atoms with Crippen molar-refractivity contribution >= 4 is 23.8 Å². The molecule has 0 radical (unpaired) electrons. The van der Waals surface area contributed by atoms with Crippen LogP contribution in [0.1, 0.15) is 136 Å². The molecule has 0 aliphatic heterocycles. The van der Waals surface area contributed by atoms with Crippen molar-refractivity contribution in [2.75, 3.05) is 13.2 Å². The molecule has 9 nitrogen and oxygen atoms in total. The second kappa shape index (κ2) is 26.8. The zero-order chi connectivity index (χ0) is 29.8. The lowest BCUT2D eigenvalue weighted by atomic mass is 10.0. The predicted octanol–water partition coefficient (Wildman–Crippen LogP) is 5.58. The maximum absolute atomic E-state index is 12.3. The van der Waals surface area contributed by atoms with E-state index in [1.54, 1.807) is 0 Å². The number of carbonyl (C=O) groups is 4. The van der Waals surface area contributed by atoms with Crippen LogP contribution in [0.3, 0.4) is 0 Å². The van der Waals surface area contributed by atoms with E-state index in [1.807, 2.05) is 0 Å². The van der Waals surface area contributed by atoms with Gasteiger partial charge in [-0.05, 0) is 57.8 Å². The number of allylic oxidation sites excluding steroid dienone is 2. The summed E-state index contributed by atoms with van der Waals surface area (Å²) in [6.07, 6.45) is 23.2. The van der Waals surface area contributed by atoms with Gasteiger partial charge >= 0.3 is 11.9 Å². The number of carboxylic acid groups (broad SMARTS) is 1. The summed E-state index contributed by atoms with van der Waals surface area (Å²) in [5, 5.41) is 22.3. The number of carbonyl (C=O) groups excluding carboxylic acids is 3. The normalized spacial score (nSPS) is 12.7. The highest BCUT2D eigenvalue weighted by Crippen LogP contribution is 2.15. The van der Waals surface area contributed by atoms with Crippen LogP contribution in [0.5, 0.6) is 0 Å². The van der Waals surface area contributed by atoms with Gasteiger partial charge in [0.05, 0.1) is 13.2 Å². The molecule has 40 heavy (non-hydrogen) atoms. The van der Waals surface area contributed by atoms with E-state index in [0.717, 1.165) is 57.8 Å². The molecule has 0 aliphatic carbocycles. The van der Waals surface area contributed by atoms with Gasteiger partial charge in [-0.1, -0.05) is 77.4 Å². The maximum Gasteiger partial charge on any atom is 0.328 e. The third-order valence-corrected chi connectivity index (χ3v) is 6.74. The molecule has 0 rings (SSSR count). The van der Waals surface area contributed by atoms with E-state index in [2.05, 4.69) is 36.6 Å². The second-order valence-electron chi connectivity index (χ2n) is 10.5. The Morgan fingerprint density at radius 2 is 1.32 bits per heavy atom. The first-order valence-corrected chi connectivity index (χ1v) is 15.6. The van der Waals surface area contributed by atoms with Gasteiger partial charge in [0.15, 0.2) is 0 Å². The van der Waals surface area contributed by atoms with Gasteiger partial charge in [0.25, 0.3) is 0 Å². The Hall–Kier alpha value is -2.42. The molecule has 9 heteroatoms.